The van der Waals surface area contributed by atoms with Crippen LogP contribution in [0.1, 0.15) is 39.5 Å². The van der Waals surface area contributed by atoms with Crippen molar-refractivity contribution >= 4 is 5.97 Å². The molecule has 1 atom stereocenters. The Bertz CT molecular complexity index is 287. The Morgan fingerprint density at radius 2 is 2.12 bits per heavy atom. The molecule has 1 aliphatic heterocycles. The second-order valence-electron chi connectivity index (χ2n) is 6.14. The Kier molecular flexibility index (Phi) is 3.73. The van der Waals surface area contributed by atoms with Gasteiger partial charge in [-0.1, -0.05) is 0 Å². The fourth-order valence-corrected chi connectivity index (χ4v) is 2.50. The van der Waals surface area contributed by atoms with E-state index in [0.29, 0.717) is 12.6 Å². The first kappa shape index (κ1) is 12.8. The molecule has 0 aromatic rings. The smallest absolute Gasteiger partial charge is 0.310 e. The molecular weight excluding hydrogens is 216 g/mol. The molecular formula is C13H24N2O2. The zero-order chi connectivity index (χ0) is 12.5. The van der Waals surface area contributed by atoms with Gasteiger partial charge in [-0.2, -0.15) is 0 Å². The summed E-state index contributed by atoms with van der Waals surface area (Å²) in [5.74, 6) is -0.696. The average molecular weight is 240 g/mol. The van der Waals surface area contributed by atoms with E-state index in [0.717, 1.165) is 19.1 Å². The van der Waals surface area contributed by atoms with E-state index in [4.69, 9.17) is 0 Å². The summed E-state index contributed by atoms with van der Waals surface area (Å²) in [5.41, 5.74) is -0.637. The van der Waals surface area contributed by atoms with Crippen molar-refractivity contribution in [2.24, 2.45) is 5.41 Å². The molecule has 2 fully saturated rings. The van der Waals surface area contributed by atoms with Crippen LogP contribution in [-0.4, -0.2) is 47.7 Å². The number of carboxylic acid groups (broad SMARTS) is 1. The van der Waals surface area contributed by atoms with Gasteiger partial charge in [0.2, 0.25) is 0 Å². The molecule has 0 aromatic carbocycles. The van der Waals surface area contributed by atoms with Crippen LogP contribution >= 0.6 is 0 Å². The molecule has 4 nitrogen and oxygen atoms in total. The summed E-state index contributed by atoms with van der Waals surface area (Å²) >= 11 is 0. The lowest BCUT2D eigenvalue weighted by atomic mass is 9.93. The first-order chi connectivity index (χ1) is 7.99. The van der Waals surface area contributed by atoms with E-state index in [1.165, 1.54) is 25.7 Å². The zero-order valence-electron chi connectivity index (χ0n) is 10.9. The Morgan fingerprint density at radius 3 is 2.71 bits per heavy atom. The third kappa shape index (κ3) is 3.42. The van der Waals surface area contributed by atoms with Gasteiger partial charge in [0, 0.05) is 25.2 Å². The number of carboxylic acids is 1. The van der Waals surface area contributed by atoms with Gasteiger partial charge < -0.3 is 10.4 Å². The van der Waals surface area contributed by atoms with Gasteiger partial charge in [-0.05, 0) is 46.1 Å². The van der Waals surface area contributed by atoms with Crippen molar-refractivity contribution < 1.29 is 9.90 Å². The number of likely N-dealkylation sites (tertiary alicyclic amines) is 1. The molecule has 4 heteroatoms. The molecule has 0 radical (unpaired) electrons. The van der Waals surface area contributed by atoms with E-state index >= 15 is 0 Å². The normalized spacial score (nSPS) is 26.4. The monoisotopic (exact) mass is 240 g/mol. The lowest BCUT2D eigenvalue weighted by Crippen LogP contribution is -2.45. The maximum Gasteiger partial charge on any atom is 0.310 e. The zero-order valence-corrected chi connectivity index (χ0v) is 10.9. The minimum absolute atomic E-state index is 0.536. The minimum atomic E-state index is -0.696. The highest BCUT2D eigenvalue weighted by atomic mass is 16.4. The van der Waals surface area contributed by atoms with Crippen molar-refractivity contribution in [1.29, 1.82) is 0 Å². The summed E-state index contributed by atoms with van der Waals surface area (Å²) < 4.78 is 0. The van der Waals surface area contributed by atoms with E-state index in [9.17, 15) is 9.90 Å². The first-order valence-corrected chi connectivity index (χ1v) is 6.70. The van der Waals surface area contributed by atoms with Crippen LogP contribution in [0.4, 0.5) is 0 Å². The first-order valence-electron chi connectivity index (χ1n) is 6.70. The highest BCUT2D eigenvalue weighted by Crippen LogP contribution is 2.25. The number of hydrogen-bond acceptors (Lipinski definition) is 3. The minimum Gasteiger partial charge on any atom is -0.481 e. The number of rotatable bonds is 6. The number of nitrogens with zero attached hydrogens (tertiary/aromatic N) is 1. The van der Waals surface area contributed by atoms with Gasteiger partial charge >= 0.3 is 5.97 Å². The van der Waals surface area contributed by atoms with Crippen molar-refractivity contribution in [2.45, 2.75) is 51.6 Å². The maximum atomic E-state index is 11.1. The molecule has 17 heavy (non-hydrogen) atoms. The van der Waals surface area contributed by atoms with Gasteiger partial charge in [-0.3, -0.25) is 9.69 Å². The third-order valence-corrected chi connectivity index (χ3v) is 3.90. The van der Waals surface area contributed by atoms with Crippen LogP contribution in [0.2, 0.25) is 0 Å². The molecule has 2 N–H and O–H groups in total. The Labute approximate surface area is 103 Å². The Balaban J connectivity index is 1.83. The van der Waals surface area contributed by atoms with E-state index < -0.39 is 11.4 Å². The van der Waals surface area contributed by atoms with Gasteiger partial charge in [0.15, 0.2) is 0 Å². The summed E-state index contributed by atoms with van der Waals surface area (Å²) in [4.78, 5) is 13.5. The largest absolute Gasteiger partial charge is 0.481 e. The fraction of sp³-hybridized carbons (Fsp3) is 0.923. The van der Waals surface area contributed by atoms with E-state index in [-0.39, 0.29) is 0 Å². The predicted molar refractivity (Wildman–Crippen MR) is 67.0 cm³/mol. The Morgan fingerprint density at radius 1 is 1.41 bits per heavy atom. The number of carbonyl (C=O) groups is 1. The maximum absolute atomic E-state index is 11.1. The molecule has 0 amide bonds. The fourth-order valence-electron chi connectivity index (χ4n) is 2.50. The van der Waals surface area contributed by atoms with Crippen molar-refractivity contribution in [3.8, 4) is 0 Å². The summed E-state index contributed by atoms with van der Waals surface area (Å²) in [7, 11) is 0. The molecule has 0 spiro atoms. The van der Waals surface area contributed by atoms with Gasteiger partial charge in [-0.25, -0.2) is 0 Å². The third-order valence-electron chi connectivity index (χ3n) is 3.90. The van der Waals surface area contributed by atoms with Crippen LogP contribution < -0.4 is 5.32 Å². The van der Waals surface area contributed by atoms with E-state index in [1.54, 1.807) is 0 Å². The van der Waals surface area contributed by atoms with Crippen molar-refractivity contribution in [3.05, 3.63) is 0 Å². The molecule has 1 saturated heterocycles. The molecule has 98 valence electrons. The van der Waals surface area contributed by atoms with Crippen molar-refractivity contribution in [2.75, 3.05) is 19.6 Å². The molecule has 0 bridgehead atoms. The van der Waals surface area contributed by atoms with Crippen LogP contribution in [0.5, 0.6) is 0 Å². The van der Waals surface area contributed by atoms with Gasteiger partial charge in [0.1, 0.15) is 0 Å². The molecule has 0 unspecified atom stereocenters. The lowest BCUT2D eigenvalue weighted by molar-refractivity contribution is -0.148. The standard InChI is InChI=1S/C13H24N2O2/c1-13(2,12(16)17)9-15-7-3-4-11(15)8-14-10-5-6-10/h10-11,14H,3-9H2,1-2H3,(H,16,17)/t11-/m0/s1. The van der Waals surface area contributed by atoms with E-state index in [1.807, 2.05) is 13.8 Å². The quantitative estimate of drug-likeness (QED) is 0.735. The van der Waals surface area contributed by atoms with Crippen LogP contribution in [0.15, 0.2) is 0 Å². The van der Waals surface area contributed by atoms with E-state index in [2.05, 4.69) is 10.2 Å². The van der Waals surface area contributed by atoms with Gasteiger partial charge in [-0.15, -0.1) is 0 Å². The predicted octanol–water partition coefficient (Wildman–Crippen LogP) is 1.31. The number of nitrogens with one attached hydrogen (secondary N) is 1. The number of hydrogen-bond donors (Lipinski definition) is 2. The summed E-state index contributed by atoms with van der Waals surface area (Å²) in [6, 6.07) is 1.28. The molecule has 1 heterocycles. The molecule has 1 aliphatic carbocycles. The second-order valence-corrected chi connectivity index (χ2v) is 6.14. The number of aliphatic carboxylic acids is 1. The molecule has 0 aromatic heterocycles. The van der Waals surface area contributed by atoms with Crippen molar-refractivity contribution in [3.63, 3.8) is 0 Å². The van der Waals surface area contributed by atoms with Crippen LogP contribution in [-0.2, 0) is 4.79 Å². The molecule has 2 rings (SSSR count). The van der Waals surface area contributed by atoms with Crippen molar-refractivity contribution in [1.82, 2.24) is 10.2 Å². The van der Waals surface area contributed by atoms with Gasteiger partial charge in [0.25, 0.3) is 0 Å². The molecule has 2 aliphatic rings. The second kappa shape index (κ2) is 4.94. The Hall–Kier alpha value is -0.610. The SMILES string of the molecule is CC(C)(CN1CCC[C@H]1CNC1CC1)C(=O)O. The van der Waals surface area contributed by atoms with Crippen LogP contribution in [0, 0.1) is 5.41 Å². The van der Waals surface area contributed by atoms with Crippen LogP contribution in [0.3, 0.4) is 0 Å². The summed E-state index contributed by atoms with van der Waals surface area (Å²) in [6.45, 7) is 6.38. The van der Waals surface area contributed by atoms with Gasteiger partial charge in [0.05, 0.1) is 5.41 Å². The topological polar surface area (TPSA) is 52.6 Å². The highest BCUT2D eigenvalue weighted by Gasteiger charge is 2.35. The lowest BCUT2D eigenvalue weighted by Gasteiger charge is -2.31. The highest BCUT2D eigenvalue weighted by molar-refractivity contribution is 5.73. The average Bonchev–Trinajstić information content (AvgIpc) is 2.97. The molecule has 1 saturated carbocycles. The summed E-state index contributed by atoms with van der Waals surface area (Å²) in [5, 5.41) is 12.7. The van der Waals surface area contributed by atoms with Crippen LogP contribution in [0.25, 0.3) is 0 Å². The summed E-state index contributed by atoms with van der Waals surface area (Å²) in [6.07, 6.45) is 5.03.